The topological polar surface area (TPSA) is 48.1 Å². The predicted molar refractivity (Wildman–Crippen MR) is 98.5 cm³/mol. The summed E-state index contributed by atoms with van der Waals surface area (Å²) in [6, 6.07) is 10.7. The lowest BCUT2D eigenvalue weighted by molar-refractivity contribution is 0.0345. The van der Waals surface area contributed by atoms with Crippen molar-refractivity contribution in [3.63, 3.8) is 0 Å². The highest BCUT2D eigenvalue weighted by Gasteiger charge is 2.23. The van der Waals surface area contributed by atoms with Gasteiger partial charge in [0.2, 0.25) is 0 Å². The molecule has 6 nitrogen and oxygen atoms in total. The van der Waals surface area contributed by atoms with E-state index in [-0.39, 0.29) is 12.1 Å². The number of nitrogens with zero attached hydrogens (tertiary/aromatic N) is 3. The molecule has 1 N–H and O–H groups in total. The summed E-state index contributed by atoms with van der Waals surface area (Å²) in [6.07, 6.45) is 0. The largest absolute Gasteiger partial charge is 0.379 e. The monoisotopic (exact) mass is 346 g/mol. The van der Waals surface area contributed by atoms with Crippen LogP contribution in [0.5, 0.6) is 0 Å². The number of carbonyl (C=O) groups is 1. The second kappa shape index (κ2) is 9.17. The van der Waals surface area contributed by atoms with Crippen LogP contribution >= 0.6 is 0 Å². The van der Waals surface area contributed by atoms with Crippen LogP contribution in [0, 0.1) is 0 Å². The Morgan fingerprint density at radius 3 is 2.40 bits per heavy atom. The fourth-order valence-electron chi connectivity index (χ4n) is 3.47. The number of carbonyl (C=O) groups excluding carboxylic acids is 1. The molecular formula is C19H30N4O2. The Labute approximate surface area is 150 Å². The van der Waals surface area contributed by atoms with Gasteiger partial charge in [-0.25, -0.2) is 4.79 Å². The van der Waals surface area contributed by atoms with E-state index < -0.39 is 0 Å². The van der Waals surface area contributed by atoms with Crippen molar-refractivity contribution in [3.8, 4) is 0 Å². The van der Waals surface area contributed by atoms with Crippen molar-refractivity contribution in [1.82, 2.24) is 20.0 Å². The van der Waals surface area contributed by atoms with Crippen molar-refractivity contribution in [2.45, 2.75) is 19.5 Å². The van der Waals surface area contributed by atoms with E-state index in [1.54, 1.807) is 0 Å². The molecule has 2 saturated heterocycles. The first-order chi connectivity index (χ1) is 12.2. The molecule has 1 aromatic carbocycles. The van der Waals surface area contributed by atoms with Gasteiger partial charge in [0, 0.05) is 58.4 Å². The molecule has 2 heterocycles. The van der Waals surface area contributed by atoms with E-state index in [0.29, 0.717) is 0 Å². The highest BCUT2D eigenvalue weighted by molar-refractivity contribution is 5.74. The Kier molecular flexibility index (Phi) is 6.67. The zero-order valence-electron chi connectivity index (χ0n) is 15.2. The van der Waals surface area contributed by atoms with Gasteiger partial charge >= 0.3 is 6.03 Å². The summed E-state index contributed by atoms with van der Waals surface area (Å²) < 4.78 is 5.37. The van der Waals surface area contributed by atoms with Crippen LogP contribution < -0.4 is 5.32 Å². The molecule has 2 amide bonds. The number of nitrogens with one attached hydrogen (secondary N) is 1. The third-order valence-electron chi connectivity index (χ3n) is 4.91. The van der Waals surface area contributed by atoms with Gasteiger partial charge in [-0.15, -0.1) is 0 Å². The van der Waals surface area contributed by atoms with E-state index in [1.807, 2.05) is 11.0 Å². The maximum atomic E-state index is 12.5. The van der Waals surface area contributed by atoms with Gasteiger partial charge in [-0.3, -0.25) is 9.80 Å². The van der Waals surface area contributed by atoms with Crippen molar-refractivity contribution < 1.29 is 9.53 Å². The Hall–Kier alpha value is -1.63. The number of rotatable bonds is 5. The first kappa shape index (κ1) is 18.2. The van der Waals surface area contributed by atoms with Crippen molar-refractivity contribution in [2.75, 3.05) is 59.0 Å². The van der Waals surface area contributed by atoms with Crippen LogP contribution in [0.1, 0.15) is 12.5 Å². The minimum absolute atomic E-state index is 0.0696. The molecule has 2 aliphatic rings. The van der Waals surface area contributed by atoms with Crippen LogP contribution in [-0.4, -0.2) is 85.8 Å². The summed E-state index contributed by atoms with van der Waals surface area (Å²) in [4.78, 5) is 19.2. The van der Waals surface area contributed by atoms with E-state index in [0.717, 1.165) is 65.6 Å². The summed E-state index contributed by atoms with van der Waals surface area (Å²) >= 11 is 0. The smallest absolute Gasteiger partial charge is 0.317 e. The average molecular weight is 346 g/mol. The van der Waals surface area contributed by atoms with E-state index >= 15 is 0 Å². The Balaban J connectivity index is 1.37. The van der Waals surface area contributed by atoms with Crippen LogP contribution in [0.15, 0.2) is 30.3 Å². The summed E-state index contributed by atoms with van der Waals surface area (Å²) in [5.74, 6) is 0. The van der Waals surface area contributed by atoms with Crippen molar-refractivity contribution in [3.05, 3.63) is 35.9 Å². The lowest BCUT2D eigenvalue weighted by Crippen LogP contribution is -2.54. The SMILES string of the molecule is CC(CN1CCOCC1)NC(=O)N1CCN(Cc2ccccc2)CC1. The van der Waals surface area contributed by atoms with Gasteiger partial charge < -0.3 is 15.0 Å². The molecule has 25 heavy (non-hydrogen) atoms. The van der Waals surface area contributed by atoms with Gasteiger partial charge in [0.1, 0.15) is 0 Å². The van der Waals surface area contributed by atoms with Gasteiger partial charge in [-0.2, -0.15) is 0 Å². The number of hydrogen-bond donors (Lipinski definition) is 1. The second-order valence-corrected chi connectivity index (χ2v) is 7.01. The summed E-state index contributed by atoms with van der Waals surface area (Å²) in [6.45, 7) is 10.9. The number of amides is 2. The van der Waals surface area contributed by atoms with E-state index in [9.17, 15) is 4.79 Å². The fourth-order valence-corrected chi connectivity index (χ4v) is 3.47. The number of hydrogen-bond acceptors (Lipinski definition) is 4. The van der Waals surface area contributed by atoms with Crippen LogP contribution in [0.3, 0.4) is 0 Å². The lowest BCUT2D eigenvalue weighted by Gasteiger charge is -2.36. The molecule has 3 rings (SSSR count). The maximum Gasteiger partial charge on any atom is 0.317 e. The molecule has 0 bridgehead atoms. The Morgan fingerprint density at radius 1 is 1.04 bits per heavy atom. The summed E-state index contributed by atoms with van der Waals surface area (Å²) in [5, 5.41) is 3.15. The summed E-state index contributed by atoms with van der Waals surface area (Å²) in [5.41, 5.74) is 1.33. The molecule has 1 unspecified atom stereocenters. The molecule has 2 fully saturated rings. The highest BCUT2D eigenvalue weighted by Crippen LogP contribution is 2.09. The van der Waals surface area contributed by atoms with Gasteiger partial charge in [-0.1, -0.05) is 30.3 Å². The molecule has 138 valence electrons. The van der Waals surface area contributed by atoms with Crippen molar-refractivity contribution >= 4 is 6.03 Å². The summed E-state index contributed by atoms with van der Waals surface area (Å²) in [7, 11) is 0. The van der Waals surface area contributed by atoms with Gasteiger partial charge in [0.15, 0.2) is 0 Å². The zero-order chi connectivity index (χ0) is 17.5. The highest BCUT2D eigenvalue weighted by atomic mass is 16.5. The number of piperazine rings is 1. The molecule has 1 atom stereocenters. The van der Waals surface area contributed by atoms with Crippen LogP contribution in [0.25, 0.3) is 0 Å². The van der Waals surface area contributed by atoms with E-state index in [4.69, 9.17) is 4.74 Å². The minimum atomic E-state index is 0.0696. The molecule has 0 aliphatic carbocycles. The molecule has 0 saturated carbocycles. The number of urea groups is 1. The number of ether oxygens (including phenoxy) is 1. The Bertz CT molecular complexity index is 525. The van der Waals surface area contributed by atoms with Crippen molar-refractivity contribution in [1.29, 1.82) is 0 Å². The quantitative estimate of drug-likeness (QED) is 0.871. The lowest BCUT2D eigenvalue weighted by atomic mass is 10.2. The normalized spacial score (nSPS) is 21.1. The molecule has 0 spiro atoms. The molecule has 6 heteroatoms. The zero-order valence-corrected chi connectivity index (χ0v) is 15.2. The fraction of sp³-hybridized carbons (Fsp3) is 0.632. The first-order valence-electron chi connectivity index (χ1n) is 9.32. The van der Waals surface area contributed by atoms with Gasteiger partial charge in [-0.05, 0) is 12.5 Å². The second-order valence-electron chi connectivity index (χ2n) is 7.01. The van der Waals surface area contributed by atoms with Crippen LogP contribution in [-0.2, 0) is 11.3 Å². The first-order valence-corrected chi connectivity index (χ1v) is 9.32. The van der Waals surface area contributed by atoms with E-state index in [2.05, 4.69) is 46.3 Å². The predicted octanol–water partition coefficient (Wildman–Crippen LogP) is 1.23. The number of morpholine rings is 1. The minimum Gasteiger partial charge on any atom is -0.379 e. The molecule has 0 aromatic heterocycles. The molecule has 1 aromatic rings. The number of benzene rings is 1. The van der Waals surface area contributed by atoms with Gasteiger partial charge in [0.25, 0.3) is 0 Å². The molecule has 2 aliphatic heterocycles. The molecule has 0 radical (unpaired) electrons. The third kappa shape index (κ3) is 5.70. The van der Waals surface area contributed by atoms with E-state index in [1.165, 1.54) is 5.56 Å². The van der Waals surface area contributed by atoms with Crippen LogP contribution in [0.4, 0.5) is 4.79 Å². The molecular weight excluding hydrogens is 316 g/mol. The Morgan fingerprint density at radius 2 is 1.72 bits per heavy atom. The third-order valence-corrected chi connectivity index (χ3v) is 4.91. The van der Waals surface area contributed by atoms with Gasteiger partial charge in [0.05, 0.1) is 13.2 Å². The average Bonchev–Trinajstić information content (AvgIpc) is 2.64. The van der Waals surface area contributed by atoms with Crippen molar-refractivity contribution in [2.24, 2.45) is 0 Å². The standard InChI is InChI=1S/C19H30N4O2/c1-17(15-22-11-13-25-14-12-22)20-19(24)23-9-7-21(8-10-23)16-18-5-3-2-4-6-18/h2-6,17H,7-16H2,1H3,(H,20,24). The van der Waals surface area contributed by atoms with Crippen LogP contribution in [0.2, 0.25) is 0 Å². The maximum absolute atomic E-state index is 12.5.